The van der Waals surface area contributed by atoms with Gasteiger partial charge >= 0.3 is 11.9 Å². The van der Waals surface area contributed by atoms with Crippen LogP contribution in [0.15, 0.2) is 30.3 Å². The molecule has 1 atom stereocenters. The van der Waals surface area contributed by atoms with Crippen LogP contribution in [0.3, 0.4) is 0 Å². The number of benzene rings is 1. The molecule has 0 aliphatic carbocycles. The van der Waals surface area contributed by atoms with Crippen molar-refractivity contribution in [2.45, 2.75) is 81.1 Å². The van der Waals surface area contributed by atoms with Crippen molar-refractivity contribution in [3.63, 3.8) is 0 Å². The van der Waals surface area contributed by atoms with E-state index in [1.807, 2.05) is 99.6 Å². The van der Waals surface area contributed by atoms with Gasteiger partial charge in [0.15, 0.2) is 0 Å². The molecular formula is C23H42O4. The lowest BCUT2D eigenvalue weighted by Gasteiger charge is -2.22. The van der Waals surface area contributed by atoms with Gasteiger partial charge in [0.25, 0.3) is 0 Å². The number of ether oxygens (including phenoxy) is 2. The van der Waals surface area contributed by atoms with Crippen LogP contribution in [-0.4, -0.2) is 25.2 Å². The Morgan fingerprint density at radius 1 is 0.889 bits per heavy atom. The molecule has 0 saturated carbocycles. The van der Waals surface area contributed by atoms with Crippen molar-refractivity contribution < 1.29 is 19.1 Å². The van der Waals surface area contributed by atoms with E-state index in [-0.39, 0.29) is 17.9 Å². The molecule has 0 aromatic heterocycles. The van der Waals surface area contributed by atoms with Crippen LogP contribution in [0.5, 0.6) is 0 Å². The van der Waals surface area contributed by atoms with E-state index in [4.69, 9.17) is 9.47 Å². The van der Waals surface area contributed by atoms with Gasteiger partial charge in [0.05, 0.1) is 24.5 Å². The first kappa shape index (κ1) is 29.9. The Kier molecular flexibility index (Phi) is 21.0. The van der Waals surface area contributed by atoms with E-state index in [2.05, 4.69) is 0 Å². The molecule has 0 N–H and O–H groups in total. The lowest BCUT2D eigenvalue weighted by molar-refractivity contribution is -0.149. The monoisotopic (exact) mass is 382 g/mol. The molecule has 0 amide bonds. The van der Waals surface area contributed by atoms with Crippen LogP contribution >= 0.6 is 0 Å². The normalized spacial score (nSPS) is 10.4. The van der Waals surface area contributed by atoms with Crippen molar-refractivity contribution in [2.24, 2.45) is 5.92 Å². The van der Waals surface area contributed by atoms with Crippen LogP contribution in [0, 0.1) is 5.92 Å². The van der Waals surface area contributed by atoms with Crippen LogP contribution in [0.1, 0.15) is 81.2 Å². The van der Waals surface area contributed by atoms with Crippen molar-refractivity contribution in [2.75, 3.05) is 13.2 Å². The van der Waals surface area contributed by atoms with Gasteiger partial charge in [0.2, 0.25) is 0 Å². The Bertz CT molecular complexity index is 467. The molecule has 4 nitrogen and oxygen atoms in total. The average molecular weight is 383 g/mol. The second-order valence-electron chi connectivity index (χ2n) is 5.77. The van der Waals surface area contributed by atoms with Gasteiger partial charge in [-0.15, -0.1) is 0 Å². The summed E-state index contributed by atoms with van der Waals surface area (Å²) in [6.07, 6.45) is 0.860. The molecule has 0 spiro atoms. The third-order valence-corrected chi connectivity index (χ3v) is 3.58. The van der Waals surface area contributed by atoms with Gasteiger partial charge in [-0.25, -0.2) is 0 Å². The number of rotatable bonds is 6. The summed E-state index contributed by atoms with van der Waals surface area (Å²) in [4.78, 5) is 22.4. The van der Waals surface area contributed by atoms with Crippen LogP contribution in [0.25, 0.3) is 0 Å². The largest absolute Gasteiger partial charge is 0.466 e. The van der Waals surface area contributed by atoms with Gasteiger partial charge in [-0.2, -0.15) is 0 Å². The zero-order valence-corrected chi connectivity index (χ0v) is 19.2. The van der Waals surface area contributed by atoms with Gasteiger partial charge in [-0.1, -0.05) is 71.9 Å². The van der Waals surface area contributed by atoms with Gasteiger partial charge in [0, 0.05) is 0 Å². The first-order valence-electron chi connectivity index (χ1n) is 10.2. The quantitative estimate of drug-likeness (QED) is 0.552. The molecule has 0 heterocycles. The maximum Gasteiger partial charge on any atom is 0.315 e. The summed E-state index contributed by atoms with van der Waals surface area (Å²) in [5, 5.41) is 0. The summed E-state index contributed by atoms with van der Waals surface area (Å²) in [5.74, 6) is -0.198. The predicted molar refractivity (Wildman–Crippen MR) is 115 cm³/mol. The van der Waals surface area contributed by atoms with Gasteiger partial charge < -0.3 is 9.47 Å². The maximum absolute atomic E-state index is 11.6. The Morgan fingerprint density at radius 3 is 1.70 bits per heavy atom. The Morgan fingerprint density at radius 2 is 1.33 bits per heavy atom. The third kappa shape index (κ3) is 13.0. The molecule has 0 bridgehead atoms. The van der Waals surface area contributed by atoms with E-state index in [0.717, 1.165) is 12.0 Å². The van der Waals surface area contributed by atoms with Crippen molar-refractivity contribution in [1.29, 1.82) is 0 Å². The van der Waals surface area contributed by atoms with Gasteiger partial charge in [-0.3, -0.25) is 9.59 Å². The molecule has 1 rings (SSSR count). The molecule has 4 heteroatoms. The average Bonchev–Trinajstić information content (AvgIpc) is 2.71. The second-order valence-corrected chi connectivity index (χ2v) is 5.77. The van der Waals surface area contributed by atoms with Gasteiger partial charge in [0.1, 0.15) is 0 Å². The summed E-state index contributed by atoms with van der Waals surface area (Å²) in [6, 6.07) is 9.67. The first-order valence-corrected chi connectivity index (χ1v) is 10.2. The molecule has 0 aliphatic heterocycles. The summed E-state index contributed by atoms with van der Waals surface area (Å²) >= 11 is 0. The third-order valence-electron chi connectivity index (χ3n) is 3.58. The summed E-state index contributed by atoms with van der Waals surface area (Å²) < 4.78 is 9.78. The Labute approximate surface area is 167 Å². The van der Waals surface area contributed by atoms with E-state index in [9.17, 15) is 9.59 Å². The lowest BCUT2D eigenvalue weighted by Crippen LogP contribution is -2.30. The number of esters is 2. The smallest absolute Gasteiger partial charge is 0.315 e. The van der Waals surface area contributed by atoms with E-state index < -0.39 is 5.41 Å². The highest BCUT2D eigenvalue weighted by Gasteiger charge is 2.30. The Hall–Kier alpha value is -1.84. The minimum atomic E-state index is -0.558. The van der Waals surface area contributed by atoms with Crippen molar-refractivity contribution in [3.8, 4) is 0 Å². The second kappa shape index (κ2) is 18.9. The fraction of sp³-hybridized carbons (Fsp3) is 0.652. The molecule has 0 fully saturated rings. The zero-order valence-electron chi connectivity index (χ0n) is 19.2. The molecule has 0 saturated heterocycles. The molecule has 0 aliphatic rings. The van der Waals surface area contributed by atoms with Crippen molar-refractivity contribution >= 4 is 11.9 Å². The fourth-order valence-corrected chi connectivity index (χ4v) is 1.74. The first-order chi connectivity index (χ1) is 12.8. The molecule has 158 valence electrons. The van der Waals surface area contributed by atoms with Crippen molar-refractivity contribution in [3.05, 3.63) is 35.9 Å². The minimum absolute atomic E-state index is 0.0601. The predicted octanol–water partition coefficient (Wildman–Crippen LogP) is 6.18. The maximum atomic E-state index is 11.6. The van der Waals surface area contributed by atoms with Crippen LogP contribution < -0.4 is 0 Å². The summed E-state index contributed by atoms with van der Waals surface area (Å²) in [7, 11) is 0. The standard InChI is InChI=1S/C12H16O2.C7H14O2.2C2H6/c1-4-14-11(13)12(2,3)10-8-6-5-7-9-10;1-4-6(3)7(8)9-5-2;2*1-2/h5-9H,4H2,1-3H3;6H,4-5H2,1-3H3;2*1-2H3. The topological polar surface area (TPSA) is 52.6 Å². The zero-order chi connectivity index (χ0) is 21.9. The van der Waals surface area contributed by atoms with Crippen LogP contribution in [0.4, 0.5) is 0 Å². The summed E-state index contributed by atoms with van der Waals surface area (Å²) in [5.41, 5.74) is 0.426. The molecule has 0 radical (unpaired) electrons. The fourth-order valence-electron chi connectivity index (χ4n) is 1.74. The molecule has 1 unspecified atom stereocenters. The Balaban J connectivity index is -0.000000384. The number of hydrogen-bond acceptors (Lipinski definition) is 4. The number of carbonyl (C=O) groups is 2. The number of carbonyl (C=O) groups excluding carboxylic acids is 2. The molecular weight excluding hydrogens is 340 g/mol. The van der Waals surface area contributed by atoms with Crippen molar-refractivity contribution in [1.82, 2.24) is 0 Å². The lowest BCUT2D eigenvalue weighted by atomic mass is 9.85. The van der Waals surface area contributed by atoms with E-state index in [1.54, 1.807) is 0 Å². The highest BCUT2D eigenvalue weighted by atomic mass is 16.5. The molecule has 1 aromatic carbocycles. The minimum Gasteiger partial charge on any atom is -0.466 e. The van der Waals surface area contributed by atoms with Crippen LogP contribution in [0.2, 0.25) is 0 Å². The van der Waals surface area contributed by atoms with E-state index >= 15 is 0 Å². The highest BCUT2D eigenvalue weighted by molar-refractivity contribution is 5.82. The van der Waals surface area contributed by atoms with Crippen LogP contribution in [-0.2, 0) is 24.5 Å². The van der Waals surface area contributed by atoms with Gasteiger partial charge in [-0.05, 0) is 39.7 Å². The molecule has 27 heavy (non-hydrogen) atoms. The number of hydrogen-bond donors (Lipinski definition) is 0. The molecule has 1 aromatic rings. The summed E-state index contributed by atoms with van der Waals surface area (Å²) in [6.45, 7) is 20.2. The van der Waals surface area contributed by atoms with E-state index in [1.165, 1.54) is 0 Å². The highest BCUT2D eigenvalue weighted by Crippen LogP contribution is 2.24. The SMILES string of the molecule is CC.CC.CCOC(=O)C(C)(C)c1ccccc1.CCOC(=O)C(C)CC. The van der Waals surface area contributed by atoms with E-state index in [0.29, 0.717) is 13.2 Å².